The number of hydrogen-bond acceptors (Lipinski definition) is 4. The van der Waals surface area contributed by atoms with E-state index in [9.17, 15) is 4.79 Å². The summed E-state index contributed by atoms with van der Waals surface area (Å²) >= 11 is 1.67. The molecule has 90 valence electrons. The third kappa shape index (κ3) is 4.28. The minimum absolute atomic E-state index is 0.276. The zero-order valence-corrected chi connectivity index (χ0v) is 10.9. The molecule has 0 saturated carbocycles. The Balaban J connectivity index is 2.47. The number of aryl methyl sites for hydroxylation is 1. The molecule has 1 aromatic heterocycles. The molecule has 0 aliphatic rings. The van der Waals surface area contributed by atoms with Crippen molar-refractivity contribution in [2.24, 2.45) is 5.73 Å². The third-order valence-electron chi connectivity index (χ3n) is 2.27. The smallest absolute Gasteiger partial charge is 0.219 e. The number of amides is 1. The predicted molar refractivity (Wildman–Crippen MR) is 66.2 cm³/mol. The van der Waals surface area contributed by atoms with Gasteiger partial charge in [-0.2, -0.15) is 0 Å². The number of thiazole rings is 1. The number of primary amides is 1. The Hall–Kier alpha value is -0.940. The van der Waals surface area contributed by atoms with Gasteiger partial charge in [-0.05, 0) is 20.3 Å². The van der Waals surface area contributed by atoms with Crippen molar-refractivity contribution in [2.45, 2.75) is 45.7 Å². The molecule has 0 unspecified atom stereocenters. The largest absolute Gasteiger partial charge is 0.370 e. The van der Waals surface area contributed by atoms with Gasteiger partial charge in [0.15, 0.2) is 0 Å². The average molecular weight is 241 g/mol. The van der Waals surface area contributed by atoms with Gasteiger partial charge in [0.2, 0.25) is 5.91 Å². The Morgan fingerprint density at radius 3 is 2.81 bits per heavy atom. The van der Waals surface area contributed by atoms with Crippen LogP contribution in [0.4, 0.5) is 0 Å². The fourth-order valence-corrected chi connectivity index (χ4v) is 2.17. The SMILES string of the molecule is CCc1nc(CNC(C)(C)CC(N)=O)cs1. The fraction of sp³-hybridized carbons (Fsp3) is 0.636. The zero-order valence-electron chi connectivity index (χ0n) is 10.0. The summed E-state index contributed by atoms with van der Waals surface area (Å²) in [6.07, 6.45) is 1.30. The Bertz CT molecular complexity index is 360. The first-order valence-electron chi connectivity index (χ1n) is 5.39. The van der Waals surface area contributed by atoms with Crippen LogP contribution in [0.2, 0.25) is 0 Å². The minimum Gasteiger partial charge on any atom is -0.370 e. The van der Waals surface area contributed by atoms with Crippen molar-refractivity contribution < 1.29 is 4.79 Å². The summed E-state index contributed by atoms with van der Waals surface area (Å²) in [7, 11) is 0. The molecule has 0 aliphatic heterocycles. The van der Waals surface area contributed by atoms with Crippen LogP contribution in [-0.4, -0.2) is 16.4 Å². The van der Waals surface area contributed by atoms with Crippen molar-refractivity contribution in [3.05, 3.63) is 16.1 Å². The molecule has 0 spiro atoms. The number of nitrogens with zero attached hydrogens (tertiary/aromatic N) is 1. The standard InChI is InChI=1S/C11H19N3OS/c1-4-10-14-8(7-16-10)6-13-11(2,3)5-9(12)15/h7,13H,4-6H2,1-3H3,(H2,12,15). The first kappa shape index (κ1) is 13.1. The van der Waals surface area contributed by atoms with Crippen LogP contribution in [0.3, 0.4) is 0 Å². The normalized spacial score (nSPS) is 11.7. The fourth-order valence-electron chi connectivity index (χ4n) is 1.42. The van der Waals surface area contributed by atoms with Gasteiger partial charge < -0.3 is 11.1 Å². The van der Waals surface area contributed by atoms with E-state index in [0.717, 1.165) is 17.1 Å². The maximum absolute atomic E-state index is 10.8. The molecule has 0 aliphatic carbocycles. The van der Waals surface area contributed by atoms with Crippen molar-refractivity contribution in [2.75, 3.05) is 0 Å². The molecule has 0 fully saturated rings. The van der Waals surface area contributed by atoms with Crippen LogP contribution in [0.5, 0.6) is 0 Å². The lowest BCUT2D eigenvalue weighted by molar-refractivity contribution is -0.119. The van der Waals surface area contributed by atoms with Gasteiger partial charge >= 0.3 is 0 Å². The molecule has 1 aromatic rings. The second kappa shape index (κ2) is 5.41. The average Bonchev–Trinajstić information content (AvgIpc) is 2.60. The van der Waals surface area contributed by atoms with Gasteiger partial charge in [0.25, 0.3) is 0 Å². The number of hydrogen-bond donors (Lipinski definition) is 2. The van der Waals surface area contributed by atoms with E-state index in [2.05, 4.69) is 17.2 Å². The Labute approximate surface area is 100 Å². The van der Waals surface area contributed by atoms with Gasteiger partial charge in [-0.25, -0.2) is 4.98 Å². The highest BCUT2D eigenvalue weighted by Crippen LogP contribution is 2.13. The Morgan fingerprint density at radius 1 is 1.62 bits per heavy atom. The predicted octanol–water partition coefficient (Wildman–Crippen LogP) is 1.45. The van der Waals surface area contributed by atoms with Gasteiger partial charge in [0.1, 0.15) is 0 Å². The van der Waals surface area contributed by atoms with Gasteiger partial charge in [-0.3, -0.25) is 4.79 Å². The summed E-state index contributed by atoms with van der Waals surface area (Å²) in [5.74, 6) is -0.287. The van der Waals surface area contributed by atoms with E-state index in [1.807, 2.05) is 19.2 Å². The summed E-state index contributed by atoms with van der Waals surface area (Å²) in [6.45, 7) is 6.69. The molecule has 16 heavy (non-hydrogen) atoms. The summed E-state index contributed by atoms with van der Waals surface area (Å²) in [4.78, 5) is 15.3. The van der Waals surface area contributed by atoms with Gasteiger partial charge in [-0.1, -0.05) is 6.92 Å². The van der Waals surface area contributed by atoms with Gasteiger partial charge in [-0.15, -0.1) is 11.3 Å². The lowest BCUT2D eigenvalue weighted by Gasteiger charge is -2.24. The van der Waals surface area contributed by atoms with E-state index in [4.69, 9.17) is 5.73 Å². The van der Waals surface area contributed by atoms with Crippen molar-refractivity contribution >= 4 is 17.2 Å². The molecule has 0 radical (unpaired) electrons. The molecular formula is C11H19N3OS. The number of carbonyl (C=O) groups excluding carboxylic acids is 1. The first-order valence-corrected chi connectivity index (χ1v) is 6.27. The minimum atomic E-state index is -0.287. The van der Waals surface area contributed by atoms with Crippen LogP contribution in [0.25, 0.3) is 0 Å². The van der Waals surface area contributed by atoms with Crippen LogP contribution < -0.4 is 11.1 Å². The zero-order chi connectivity index (χ0) is 12.2. The van der Waals surface area contributed by atoms with Crippen LogP contribution in [0, 0.1) is 0 Å². The summed E-state index contributed by atoms with van der Waals surface area (Å²) < 4.78 is 0. The second-order valence-corrected chi connectivity index (χ2v) is 5.41. The molecule has 1 rings (SSSR count). The molecule has 4 nitrogen and oxygen atoms in total. The number of nitrogens with two attached hydrogens (primary N) is 1. The maximum Gasteiger partial charge on any atom is 0.219 e. The van der Waals surface area contributed by atoms with Gasteiger partial charge in [0.05, 0.1) is 10.7 Å². The summed E-state index contributed by atoms with van der Waals surface area (Å²) in [5, 5.41) is 6.48. The quantitative estimate of drug-likeness (QED) is 0.792. The van der Waals surface area contributed by atoms with E-state index in [1.54, 1.807) is 11.3 Å². The third-order valence-corrected chi connectivity index (χ3v) is 3.31. The highest BCUT2D eigenvalue weighted by atomic mass is 32.1. The molecule has 0 bridgehead atoms. The van der Waals surface area contributed by atoms with Crippen LogP contribution in [0.1, 0.15) is 37.9 Å². The maximum atomic E-state index is 10.8. The molecular weight excluding hydrogens is 222 g/mol. The van der Waals surface area contributed by atoms with Crippen molar-refractivity contribution in [3.63, 3.8) is 0 Å². The highest BCUT2D eigenvalue weighted by Gasteiger charge is 2.19. The first-order chi connectivity index (χ1) is 7.43. The van der Waals surface area contributed by atoms with Gasteiger partial charge in [0, 0.05) is 23.9 Å². The van der Waals surface area contributed by atoms with E-state index < -0.39 is 0 Å². The van der Waals surface area contributed by atoms with Crippen LogP contribution >= 0.6 is 11.3 Å². The molecule has 1 amide bonds. The summed E-state index contributed by atoms with van der Waals surface area (Å²) in [6, 6.07) is 0. The molecule has 0 aromatic carbocycles. The van der Waals surface area contributed by atoms with Crippen LogP contribution in [0.15, 0.2) is 5.38 Å². The molecule has 5 heteroatoms. The monoisotopic (exact) mass is 241 g/mol. The van der Waals surface area contributed by atoms with E-state index in [1.165, 1.54) is 0 Å². The van der Waals surface area contributed by atoms with E-state index >= 15 is 0 Å². The molecule has 0 saturated heterocycles. The highest BCUT2D eigenvalue weighted by molar-refractivity contribution is 7.09. The number of carbonyl (C=O) groups is 1. The summed E-state index contributed by atoms with van der Waals surface area (Å²) in [5.41, 5.74) is 5.93. The number of aromatic nitrogens is 1. The van der Waals surface area contributed by atoms with Crippen molar-refractivity contribution in [3.8, 4) is 0 Å². The topological polar surface area (TPSA) is 68.0 Å². The second-order valence-electron chi connectivity index (χ2n) is 4.47. The van der Waals surface area contributed by atoms with E-state index in [0.29, 0.717) is 13.0 Å². The number of rotatable bonds is 6. The van der Waals surface area contributed by atoms with E-state index in [-0.39, 0.29) is 11.4 Å². The Morgan fingerprint density at radius 2 is 2.31 bits per heavy atom. The number of nitrogens with one attached hydrogen (secondary N) is 1. The lowest BCUT2D eigenvalue weighted by atomic mass is 10.0. The molecule has 0 atom stereocenters. The Kier molecular flexibility index (Phi) is 4.44. The van der Waals surface area contributed by atoms with Crippen LogP contribution in [-0.2, 0) is 17.8 Å². The molecule has 1 heterocycles. The van der Waals surface area contributed by atoms with Crippen molar-refractivity contribution in [1.82, 2.24) is 10.3 Å². The van der Waals surface area contributed by atoms with Crippen molar-refractivity contribution in [1.29, 1.82) is 0 Å². The molecule has 3 N–H and O–H groups in total. The lowest BCUT2D eigenvalue weighted by Crippen LogP contribution is -2.42.